The summed E-state index contributed by atoms with van der Waals surface area (Å²) in [5.41, 5.74) is 3.60. The van der Waals surface area contributed by atoms with E-state index in [9.17, 15) is 0 Å². The van der Waals surface area contributed by atoms with Crippen LogP contribution in [0, 0.1) is 6.92 Å². The molecule has 2 nitrogen and oxygen atoms in total. The van der Waals surface area contributed by atoms with Gasteiger partial charge in [-0.2, -0.15) is 5.10 Å². The first-order valence-electron chi connectivity index (χ1n) is 4.65. The maximum absolute atomic E-state index is 4.33. The van der Waals surface area contributed by atoms with E-state index in [1.54, 1.807) is 0 Å². The average Bonchev–Trinajstić information content (AvgIpc) is 2.47. The van der Waals surface area contributed by atoms with Crippen molar-refractivity contribution in [1.29, 1.82) is 0 Å². The zero-order valence-electron chi connectivity index (χ0n) is 8.12. The normalized spacial score (nSPS) is 16.0. The molecule has 0 unspecified atom stereocenters. The first-order chi connectivity index (χ1) is 6.27. The van der Waals surface area contributed by atoms with E-state index in [-0.39, 0.29) is 0 Å². The van der Waals surface area contributed by atoms with E-state index in [0.717, 1.165) is 12.1 Å². The molecule has 13 heavy (non-hydrogen) atoms. The zero-order chi connectivity index (χ0) is 9.26. The molecule has 0 spiro atoms. The third-order valence-electron chi connectivity index (χ3n) is 2.29. The molecule has 1 heterocycles. The number of aromatic nitrogens is 2. The number of allylic oxidation sites excluding steroid dienone is 4. The second kappa shape index (κ2) is 3.21. The molecule has 0 bridgehead atoms. The number of hydrogen-bond donors (Lipinski definition) is 0. The minimum Gasteiger partial charge on any atom is -0.268 e. The van der Waals surface area contributed by atoms with Gasteiger partial charge in [0.1, 0.15) is 0 Å². The predicted molar refractivity (Wildman–Crippen MR) is 54.3 cm³/mol. The zero-order valence-corrected chi connectivity index (χ0v) is 8.12. The van der Waals surface area contributed by atoms with Gasteiger partial charge in [0.2, 0.25) is 0 Å². The van der Waals surface area contributed by atoms with Crippen LogP contribution in [0.2, 0.25) is 0 Å². The molecule has 0 atom stereocenters. The SMILES string of the molecule is Cc1cc(C2=CCCC=C2)n(C)n1. The van der Waals surface area contributed by atoms with E-state index in [1.807, 2.05) is 18.7 Å². The molecule has 0 N–H and O–H groups in total. The third-order valence-corrected chi connectivity index (χ3v) is 2.29. The molecule has 2 heteroatoms. The van der Waals surface area contributed by atoms with E-state index in [0.29, 0.717) is 0 Å². The van der Waals surface area contributed by atoms with Gasteiger partial charge in [-0.15, -0.1) is 0 Å². The molecule has 1 aliphatic carbocycles. The Bertz CT molecular complexity index is 369. The Kier molecular flexibility index (Phi) is 2.05. The molecule has 0 fully saturated rings. The van der Waals surface area contributed by atoms with Crippen LogP contribution in [0.4, 0.5) is 0 Å². The molecule has 0 aliphatic heterocycles. The first kappa shape index (κ1) is 8.30. The van der Waals surface area contributed by atoms with Crippen LogP contribution in [0.15, 0.2) is 24.3 Å². The Hall–Kier alpha value is -1.31. The summed E-state index contributed by atoms with van der Waals surface area (Å²) in [5, 5.41) is 4.33. The Labute approximate surface area is 78.6 Å². The molecule has 0 radical (unpaired) electrons. The van der Waals surface area contributed by atoms with Crippen molar-refractivity contribution in [3.05, 3.63) is 35.7 Å². The lowest BCUT2D eigenvalue weighted by Gasteiger charge is -2.06. The standard InChI is InChI=1S/C11H14N2/c1-9-8-11(13(2)12-9)10-6-4-3-5-7-10/h4,6-8H,3,5H2,1-2H3. The maximum Gasteiger partial charge on any atom is 0.0678 e. The highest BCUT2D eigenvalue weighted by molar-refractivity contribution is 5.72. The van der Waals surface area contributed by atoms with Gasteiger partial charge in [0.15, 0.2) is 0 Å². The Morgan fingerprint density at radius 1 is 1.38 bits per heavy atom. The van der Waals surface area contributed by atoms with Gasteiger partial charge < -0.3 is 0 Å². The van der Waals surface area contributed by atoms with Crippen LogP contribution in [0.1, 0.15) is 24.2 Å². The second-order valence-electron chi connectivity index (χ2n) is 3.43. The Balaban J connectivity index is 2.39. The van der Waals surface area contributed by atoms with Gasteiger partial charge in [-0.3, -0.25) is 4.68 Å². The largest absolute Gasteiger partial charge is 0.268 e. The molecule has 0 saturated carbocycles. The number of rotatable bonds is 1. The summed E-state index contributed by atoms with van der Waals surface area (Å²) in [4.78, 5) is 0. The van der Waals surface area contributed by atoms with E-state index in [1.165, 1.54) is 17.7 Å². The van der Waals surface area contributed by atoms with E-state index >= 15 is 0 Å². The van der Waals surface area contributed by atoms with Crippen molar-refractivity contribution >= 4 is 5.57 Å². The lowest BCUT2D eigenvalue weighted by atomic mass is 10.0. The molecule has 68 valence electrons. The monoisotopic (exact) mass is 174 g/mol. The van der Waals surface area contributed by atoms with Crippen molar-refractivity contribution in [2.24, 2.45) is 7.05 Å². The Morgan fingerprint density at radius 2 is 2.23 bits per heavy atom. The van der Waals surface area contributed by atoms with Crippen molar-refractivity contribution in [3.63, 3.8) is 0 Å². The summed E-state index contributed by atoms with van der Waals surface area (Å²) in [7, 11) is 1.99. The highest BCUT2D eigenvalue weighted by Crippen LogP contribution is 2.21. The fourth-order valence-electron chi connectivity index (χ4n) is 1.68. The summed E-state index contributed by atoms with van der Waals surface area (Å²) in [6.07, 6.45) is 8.99. The topological polar surface area (TPSA) is 17.8 Å². The van der Waals surface area contributed by atoms with Crippen LogP contribution in [-0.4, -0.2) is 9.78 Å². The van der Waals surface area contributed by atoms with Gasteiger partial charge in [-0.25, -0.2) is 0 Å². The first-order valence-corrected chi connectivity index (χ1v) is 4.65. The summed E-state index contributed by atoms with van der Waals surface area (Å²) in [5.74, 6) is 0. The molecule has 1 aromatic heterocycles. The predicted octanol–water partition coefficient (Wildman–Crippen LogP) is 2.46. The van der Waals surface area contributed by atoms with Gasteiger partial charge >= 0.3 is 0 Å². The van der Waals surface area contributed by atoms with Gasteiger partial charge in [0.25, 0.3) is 0 Å². The lowest BCUT2D eigenvalue weighted by molar-refractivity contribution is 0.746. The molecular weight excluding hydrogens is 160 g/mol. The van der Waals surface area contributed by atoms with Crippen LogP contribution >= 0.6 is 0 Å². The van der Waals surface area contributed by atoms with Crippen molar-refractivity contribution in [2.75, 3.05) is 0 Å². The van der Waals surface area contributed by atoms with Gasteiger partial charge in [-0.05, 0) is 31.4 Å². The smallest absolute Gasteiger partial charge is 0.0678 e. The van der Waals surface area contributed by atoms with Crippen molar-refractivity contribution < 1.29 is 0 Å². The molecule has 0 saturated heterocycles. The minimum atomic E-state index is 1.08. The van der Waals surface area contributed by atoms with E-state index in [2.05, 4.69) is 29.4 Å². The van der Waals surface area contributed by atoms with Gasteiger partial charge in [0, 0.05) is 7.05 Å². The van der Waals surface area contributed by atoms with E-state index < -0.39 is 0 Å². The lowest BCUT2D eigenvalue weighted by Crippen LogP contribution is -1.97. The molecule has 0 aromatic carbocycles. The number of aryl methyl sites for hydroxylation is 2. The highest BCUT2D eigenvalue weighted by Gasteiger charge is 2.06. The second-order valence-corrected chi connectivity index (χ2v) is 3.43. The summed E-state index contributed by atoms with van der Waals surface area (Å²) in [6, 6.07) is 2.13. The molecule has 0 amide bonds. The maximum atomic E-state index is 4.33. The van der Waals surface area contributed by atoms with Gasteiger partial charge in [-0.1, -0.05) is 18.2 Å². The third kappa shape index (κ3) is 1.57. The average molecular weight is 174 g/mol. The van der Waals surface area contributed by atoms with Gasteiger partial charge in [0.05, 0.1) is 11.4 Å². The van der Waals surface area contributed by atoms with Crippen LogP contribution in [0.5, 0.6) is 0 Å². The van der Waals surface area contributed by atoms with Crippen molar-refractivity contribution in [3.8, 4) is 0 Å². The quantitative estimate of drug-likeness (QED) is 0.639. The van der Waals surface area contributed by atoms with Crippen molar-refractivity contribution in [1.82, 2.24) is 9.78 Å². The summed E-state index contributed by atoms with van der Waals surface area (Å²) < 4.78 is 1.94. The van der Waals surface area contributed by atoms with Crippen molar-refractivity contribution in [2.45, 2.75) is 19.8 Å². The summed E-state index contributed by atoms with van der Waals surface area (Å²) >= 11 is 0. The number of hydrogen-bond acceptors (Lipinski definition) is 1. The van der Waals surface area contributed by atoms with E-state index in [4.69, 9.17) is 0 Å². The molecule has 2 rings (SSSR count). The minimum absolute atomic E-state index is 1.08. The molecular formula is C11H14N2. The fraction of sp³-hybridized carbons (Fsp3) is 0.364. The number of nitrogens with zero attached hydrogens (tertiary/aromatic N) is 2. The van der Waals surface area contributed by atoms with Crippen LogP contribution in [0.25, 0.3) is 5.57 Å². The van der Waals surface area contributed by atoms with Crippen LogP contribution in [-0.2, 0) is 7.05 Å². The Morgan fingerprint density at radius 3 is 2.77 bits per heavy atom. The molecule has 1 aliphatic rings. The van der Waals surface area contributed by atoms with Crippen LogP contribution in [0.3, 0.4) is 0 Å². The highest BCUT2D eigenvalue weighted by atomic mass is 15.3. The fourth-order valence-corrected chi connectivity index (χ4v) is 1.68. The molecule has 1 aromatic rings. The van der Waals surface area contributed by atoms with Crippen LogP contribution < -0.4 is 0 Å². The summed E-state index contributed by atoms with van der Waals surface area (Å²) in [6.45, 7) is 2.02.